The van der Waals surface area contributed by atoms with Crippen molar-refractivity contribution in [1.29, 1.82) is 0 Å². The Morgan fingerprint density at radius 3 is 2.90 bits per heavy atom. The van der Waals surface area contributed by atoms with Gasteiger partial charge in [0.15, 0.2) is 0 Å². The van der Waals surface area contributed by atoms with Crippen LogP contribution in [0.2, 0.25) is 0 Å². The summed E-state index contributed by atoms with van der Waals surface area (Å²) in [7, 11) is 0. The molecule has 2 aromatic rings. The van der Waals surface area contributed by atoms with Crippen molar-refractivity contribution in [2.45, 2.75) is 6.54 Å². The Balaban J connectivity index is 1.87. The molecule has 20 heavy (non-hydrogen) atoms. The SMILES string of the molecule is C=CC(=O)OC/C=C/c1cn(Cc2ccccc2)cn1. The molecule has 0 unspecified atom stereocenters. The van der Waals surface area contributed by atoms with Gasteiger partial charge in [0.05, 0.1) is 12.0 Å². The predicted molar refractivity (Wildman–Crippen MR) is 78.0 cm³/mol. The Morgan fingerprint density at radius 1 is 1.35 bits per heavy atom. The van der Waals surface area contributed by atoms with E-state index in [1.54, 1.807) is 12.4 Å². The molecule has 0 saturated heterocycles. The number of carbonyl (C=O) groups is 1. The highest BCUT2D eigenvalue weighted by atomic mass is 16.5. The van der Waals surface area contributed by atoms with Crippen molar-refractivity contribution >= 4 is 12.0 Å². The molecule has 4 nitrogen and oxygen atoms in total. The second kappa shape index (κ2) is 7.09. The van der Waals surface area contributed by atoms with Crippen molar-refractivity contribution in [3.63, 3.8) is 0 Å². The van der Waals surface area contributed by atoms with Gasteiger partial charge in [0.1, 0.15) is 6.61 Å². The van der Waals surface area contributed by atoms with Gasteiger partial charge in [-0.15, -0.1) is 0 Å². The molecule has 0 saturated carbocycles. The van der Waals surface area contributed by atoms with Crippen LogP contribution in [0.1, 0.15) is 11.3 Å². The molecule has 0 amide bonds. The molecule has 1 heterocycles. The molecule has 0 aliphatic rings. The van der Waals surface area contributed by atoms with Crippen LogP contribution in [0, 0.1) is 0 Å². The average molecular weight is 268 g/mol. The van der Waals surface area contributed by atoms with Crippen LogP contribution in [0.4, 0.5) is 0 Å². The quantitative estimate of drug-likeness (QED) is 0.597. The number of aromatic nitrogens is 2. The zero-order valence-electron chi connectivity index (χ0n) is 11.1. The van der Waals surface area contributed by atoms with Crippen LogP contribution in [0.3, 0.4) is 0 Å². The Bertz CT molecular complexity index is 600. The zero-order valence-corrected chi connectivity index (χ0v) is 11.1. The van der Waals surface area contributed by atoms with Crippen molar-refractivity contribution < 1.29 is 9.53 Å². The van der Waals surface area contributed by atoms with Crippen molar-refractivity contribution in [3.8, 4) is 0 Å². The lowest BCUT2D eigenvalue weighted by Gasteiger charge is -2.00. The summed E-state index contributed by atoms with van der Waals surface area (Å²) < 4.78 is 6.84. The van der Waals surface area contributed by atoms with Gasteiger partial charge in [0.25, 0.3) is 0 Å². The third kappa shape index (κ3) is 4.24. The van der Waals surface area contributed by atoms with Crippen LogP contribution in [-0.4, -0.2) is 22.1 Å². The maximum atomic E-state index is 10.8. The smallest absolute Gasteiger partial charge is 0.330 e. The van der Waals surface area contributed by atoms with Crippen LogP contribution >= 0.6 is 0 Å². The monoisotopic (exact) mass is 268 g/mol. The molecule has 2 rings (SSSR count). The molecule has 0 aliphatic carbocycles. The van der Waals surface area contributed by atoms with Crippen molar-refractivity contribution in [2.24, 2.45) is 0 Å². The fourth-order valence-corrected chi connectivity index (χ4v) is 1.70. The maximum Gasteiger partial charge on any atom is 0.330 e. The number of carbonyl (C=O) groups excluding carboxylic acids is 1. The standard InChI is InChI=1S/C16H16N2O2/c1-2-16(19)20-10-6-9-15-12-18(13-17-15)11-14-7-4-3-5-8-14/h2-9,12-13H,1,10-11H2/b9-6+. The topological polar surface area (TPSA) is 44.1 Å². The highest BCUT2D eigenvalue weighted by Gasteiger charge is 1.97. The Hall–Kier alpha value is -2.62. The second-order valence-electron chi connectivity index (χ2n) is 4.19. The molecule has 0 fully saturated rings. The first kappa shape index (κ1) is 13.8. The van der Waals surface area contributed by atoms with Crippen molar-refractivity contribution in [2.75, 3.05) is 6.61 Å². The van der Waals surface area contributed by atoms with Gasteiger partial charge < -0.3 is 9.30 Å². The third-order valence-electron chi connectivity index (χ3n) is 2.64. The molecule has 0 atom stereocenters. The number of esters is 1. The van der Waals surface area contributed by atoms with Crippen LogP contribution < -0.4 is 0 Å². The largest absolute Gasteiger partial charge is 0.458 e. The lowest BCUT2D eigenvalue weighted by molar-refractivity contribution is -0.136. The van der Waals surface area contributed by atoms with Gasteiger partial charge in [0, 0.05) is 18.8 Å². The first-order valence-corrected chi connectivity index (χ1v) is 6.29. The van der Waals surface area contributed by atoms with Crippen LogP contribution in [-0.2, 0) is 16.1 Å². The summed E-state index contributed by atoms with van der Waals surface area (Å²) in [6, 6.07) is 10.2. The lowest BCUT2D eigenvalue weighted by atomic mass is 10.2. The Labute approximate surface area is 118 Å². The molecule has 0 N–H and O–H groups in total. The van der Waals surface area contributed by atoms with Gasteiger partial charge in [-0.05, 0) is 17.7 Å². The minimum atomic E-state index is -0.427. The molecule has 0 bridgehead atoms. The van der Waals surface area contributed by atoms with E-state index in [9.17, 15) is 4.79 Å². The molecule has 0 spiro atoms. The predicted octanol–water partition coefficient (Wildman–Crippen LogP) is 2.67. The van der Waals surface area contributed by atoms with Gasteiger partial charge in [-0.2, -0.15) is 0 Å². The van der Waals surface area contributed by atoms with Gasteiger partial charge in [0.2, 0.25) is 0 Å². The first-order chi connectivity index (χ1) is 9.78. The minimum absolute atomic E-state index is 0.219. The lowest BCUT2D eigenvalue weighted by Crippen LogP contribution is -1.98. The van der Waals surface area contributed by atoms with Crippen molar-refractivity contribution in [3.05, 3.63) is 72.8 Å². The summed E-state index contributed by atoms with van der Waals surface area (Å²) in [5.74, 6) is -0.427. The molecule has 1 aromatic heterocycles. The summed E-state index contributed by atoms with van der Waals surface area (Å²) in [5, 5.41) is 0. The van der Waals surface area contributed by atoms with E-state index in [0.717, 1.165) is 18.3 Å². The number of benzene rings is 1. The molecule has 0 aliphatic heterocycles. The summed E-state index contributed by atoms with van der Waals surface area (Å²) in [5.41, 5.74) is 2.05. The second-order valence-corrected chi connectivity index (χ2v) is 4.19. The molecule has 102 valence electrons. The fourth-order valence-electron chi connectivity index (χ4n) is 1.70. The van der Waals surface area contributed by atoms with E-state index in [4.69, 9.17) is 4.74 Å². The van der Waals surface area contributed by atoms with Crippen LogP contribution in [0.25, 0.3) is 6.08 Å². The van der Waals surface area contributed by atoms with E-state index in [1.807, 2.05) is 35.0 Å². The number of ether oxygens (including phenoxy) is 1. The molecular formula is C16H16N2O2. The van der Waals surface area contributed by atoms with E-state index in [1.165, 1.54) is 5.56 Å². The third-order valence-corrected chi connectivity index (χ3v) is 2.64. The average Bonchev–Trinajstić information content (AvgIpc) is 2.92. The Morgan fingerprint density at radius 2 is 2.15 bits per heavy atom. The Kier molecular flexibility index (Phi) is 4.89. The molecule has 4 heteroatoms. The molecular weight excluding hydrogens is 252 g/mol. The number of hydrogen-bond donors (Lipinski definition) is 0. The van der Waals surface area contributed by atoms with E-state index >= 15 is 0 Å². The van der Waals surface area contributed by atoms with Crippen LogP contribution in [0.15, 0.2) is 61.6 Å². The molecule has 1 aromatic carbocycles. The van der Waals surface area contributed by atoms with Crippen LogP contribution in [0.5, 0.6) is 0 Å². The summed E-state index contributed by atoms with van der Waals surface area (Å²) in [6.45, 7) is 4.33. The first-order valence-electron chi connectivity index (χ1n) is 6.29. The zero-order chi connectivity index (χ0) is 14.2. The normalized spacial score (nSPS) is 10.6. The summed E-state index contributed by atoms with van der Waals surface area (Å²) in [4.78, 5) is 15.1. The highest BCUT2D eigenvalue weighted by Crippen LogP contribution is 2.05. The number of hydrogen-bond acceptors (Lipinski definition) is 3. The summed E-state index contributed by atoms with van der Waals surface area (Å²) >= 11 is 0. The van der Waals surface area contributed by atoms with Gasteiger partial charge in [-0.3, -0.25) is 0 Å². The van der Waals surface area contributed by atoms with Gasteiger partial charge in [-0.1, -0.05) is 36.9 Å². The highest BCUT2D eigenvalue weighted by molar-refractivity contribution is 5.81. The maximum absolute atomic E-state index is 10.8. The molecule has 0 radical (unpaired) electrons. The number of imidazole rings is 1. The van der Waals surface area contributed by atoms with E-state index < -0.39 is 5.97 Å². The number of rotatable bonds is 6. The van der Waals surface area contributed by atoms with Crippen molar-refractivity contribution in [1.82, 2.24) is 9.55 Å². The number of nitrogens with zero attached hydrogens (tertiary/aromatic N) is 2. The fraction of sp³-hybridized carbons (Fsp3) is 0.125. The minimum Gasteiger partial charge on any atom is -0.458 e. The van der Waals surface area contributed by atoms with Gasteiger partial charge in [-0.25, -0.2) is 9.78 Å². The van der Waals surface area contributed by atoms with E-state index in [-0.39, 0.29) is 6.61 Å². The summed E-state index contributed by atoms with van der Waals surface area (Å²) in [6.07, 6.45) is 8.43. The van der Waals surface area contributed by atoms with Gasteiger partial charge >= 0.3 is 5.97 Å². The van der Waals surface area contributed by atoms with E-state index in [0.29, 0.717) is 0 Å². The van der Waals surface area contributed by atoms with E-state index in [2.05, 4.69) is 23.7 Å².